The van der Waals surface area contributed by atoms with E-state index in [1.807, 2.05) is 38.1 Å². The van der Waals surface area contributed by atoms with Gasteiger partial charge in [-0.1, -0.05) is 24.3 Å². The normalized spacial score (nSPS) is 12.0. The number of rotatable bonds is 9. The molecule has 0 aliphatic heterocycles. The maximum absolute atomic E-state index is 13.2. The van der Waals surface area contributed by atoms with E-state index in [1.54, 1.807) is 12.1 Å². The minimum Gasteiger partial charge on any atom is -0.463 e. The van der Waals surface area contributed by atoms with Gasteiger partial charge in [-0.3, -0.25) is 0 Å². The van der Waals surface area contributed by atoms with Crippen LogP contribution in [0.15, 0.2) is 48.7 Å². The number of alkyl halides is 6. The quantitative estimate of drug-likeness (QED) is 0.218. The molecule has 0 unspecified atom stereocenters. The summed E-state index contributed by atoms with van der Waals surface area (Å²) < 4.78 is 90.5. The van der Waals surface area contributed by atoms with Crippen LogP contribution in [0.4, 0.5) is 31.1 Å². The second-order valence-electron chi connectivity index (χ2n) is 9.33. The predicted molar refractivity (Wildman–Crippen MR) is 135 cm³/mol. The first-order chi connectivity index (χ1) is 18.6. The van der Waals surface area contributed by atoms with Gasteiger partial charge in [0.2, 0.25) is 5.88 Å². The zero-order chi connectivity index (χ0) is 29.7. The van der Waals surface area contributed by atoms with Crippen LogP contribution >= 0.6 is 0 Å². The van der Waals surface area contributed by atoms with Gasteiger partial charge in [0.05, 0.1) is 23.3 Å². The summed E-state index contributed by atoms with van der Waals surface area (Å²) in [5, 5.41) is 0. The molecule has 1 aromatic heterocycles. The number of benzene rings is 2. The lowest BCUT2D eigenvalue weighted by molar-refractivity contribution is -0.143. The molecule has 2 aromatic carbocycles. The lowest BCUT2D eigenvalue weighted by atomic mass is 10.0. The molecule has 1 heterocycles. The summed E-state index contributed by atoms with van der Waals surface area (Å²) in [7, 11) is 5.00. The van der Waals surface area contributed by atoms with E-state index in [-0.39, 0.29) is 30.1 Å². The van der Waals surface area contributed by atoms with Crippen molar-refractivity contribution in [1.82, 2.24) is 19.8 Å². The third-order valence-corrected chi connectivity index (χ3v) is 5.71. The Labute approximate surface area is 227 Å². The summed E-state index contributed by atoms with van der Waals surface area (Å²) in [6.07, 6.45) is -8.99. The van der Waals surface area contributed by atoms with Gasteiger partial charge in [-0.2, -0.15) is 31.3 Å². The van der Waals surface area contributed by atoms with E-state index in [0.717, 1.165) is 17.0 Å². The fourth-order valence-electron chi connectivity index (χ4n) is 3.71. The molecule has 216 valence electrons. The number of ether oxygens (including phenoxy) is 2. The number of nitrogens with zero attached hydrogens (tertiary/aromatic N) is 4. The molecule has 0 atom stereocenters. The van der Waals surface area contributed by atoms with Crippen LogP contribution in [-0.2, 0) is 18.9 Å². The predicted octanol–water partition coefficient (Wildman–Crippen LogP) is 6.45. The Morgan fingerprint density at radius 2 is 1.55 bits per heavy atom. The van der Waals surface area contributed by atoms with E-state index >= 15 is 0 Å². The van der Waals surface area contributed by atoms with E-state index in [0.29, 0.717) is 29.7 Å². The third-order valence-electron chi connectivity index (χ3n) is 5.71. The van der Waals surface area contributed by atoms with E-state index in [4.69, 9.17) is 9.47 Å². The Bertz CT molecular complexity index is 1300. The molecule has 0 fully saturated rings. The molecule has 1 amide bonds. The van der Waals surface area contributed by atoms with Crippen LogP contribution in [0.1, 0.15) is 28.7 Å². The molecule has 0 bridgehead atoms. The topological polar surface area (TPSA) is 67.8 Å². The zero-order valence-electron chi connectivity index (χ0n) is 22.2. The summed E-state index contributed by atoms with van der Waals surface area (Å²) in [6.45, 7) is 2.26. The number of carbonyl (C=O) groups excluding carboxylic acids is 1. The minimum atomic E-state index is -5.01. The molecule has 0 radical (unpaired) electrons. The largest absolute Gasteiger partial charge is 0.463 e. The number of carbonyl (C=O) groups is 1. The zero-order valence-corrected chi connectivity index (χ0v) is 22.2. The molecule has 40 heavy (non-hydrogen) atoms. The standard InChI is InChI=1S/C27H28F6N4O3/c1-17-8-5-6-9-21(17)22-15-34-24(39-11-7-10-36(2)3)35-23(22)40-25(38)37(4)16-18-12-19(26(28,29)30)14-20(13-18)27(31,32)33/h5-6,8-9,12-15H,7,10-11,16H2,1-4H3. The first kappa shape index (κ1) is 30.7. The van der Waals surface area contributed by atoms with Crippen LogP contribution in [0.25, 0.3) is 11.1 Å². The molecule has 7 nitrogen and oxygen atoms in total. The number of hydrogen-bond acceptors (Lipinski definition) is 6. The first-order valence-electron chi connectivity index (χ1n) is 12.1. The van der Waals surface area contributed by atoms with Crippen molar-refractivity contribution in [3.63, 3.8) is 0 Å². The second-order valence-corrected chi connectivity index (χ2v) is 9.33. The highest BCUT2D eigenvalue weighted by molar-refractivity contribution is 5.76. The Morgan fingerprint density at radius 3 is 2.12 bits per heavy atom. The molecular weight excluding hydrogens is 542 g/mol. The Balaban J connectivity index is 1.87. The first-order valence-corrected chi connectivity index (χ1v) is 12.1. The average Bonchev–Trinajstić information content (AvgIpc) is 2.86. The third kappa shape index (κ3) is 8.31. The van der Waals surface area contributed by atoms with E-state index in [2.05, 4.69) is 9.97 Å². The summed E-state index contributed by atoms with van der Waals surface area (Å²) in [5.41, 5.74) is -1.52. The number of halogens is 6. The SMILES string of the molecule is Cc1ccccc1-c1cnc(OCCCN(C)C)nc1OC(=O)N(C)Cc1cc(C(F)(F)F)cc(C(F)(F)F)c1. The van der Waals surface area contributed by atoms with Gasteiger partial charge in [0.15, 0.2) is 0 Å². The number of aryl methyl sites for hydroxylation is 1. The van der Waals surface area contributed by atoms with E-state index < -0.39 is 36.1 Å². The van der Waals surface area contributed by atoms with Crippen LogP contribution in [0.3, 0.4) is 0 Å². The maximum atomic E-state index is 13.2. The second kappa shape index (κ2) is 12.5. The van der Waals surface area contributed by atoms with Crippen molar-refractivity contribution in [1.29, 1.82) is 0 Å². The lowest BCUT2D eigenvalue weighted by Gasteiger charge is -2.20. The lowest BCUT2D eigenvalue weighted by Crippen LogP contribution is -2.30. The summed E-state index contributed by atoms with van der Waals surface area (Å²) in [5.74, 6) is -0.177. The molecule has 3 rings (SSSR count). The van der Waals surface area contributed by atoms with Gasteiger partial charge in [0.25, 0.3) is 0 Å². The number of hydrogen-bond donors (Lipinski definition) is 0. The van der Waals surface area contributed by atoms with Gasteiger partial charge in [-0.15, -0.1) is 0 Å². The molecular formula is C27H28F6N4O3. The molecule has 13 heteroatoms. The highest BCUT2D eigenvalue weighted by Crippen LogP contribution is 2.37. The Kier molecular flexibility index (Phi) is 9.61. The van der Waals surface area contributed by atoms with Crippen LogP contribution in [0.5, 0.6) is 11.9 Å². The highest BCUT2D eigenvalue weighted by atomic mass is 19.4. The number of amides is 1. The van der Waals surface area contributed by atoms with Crippen LogP contribution in [0, 0.1) is 6.92 Å². The Morgan fingerprint density at radius 1 is 0.925 bits per heavy atom. The summed E-state index contributed by atoms with van der Waals surface area (Å²) in [4.78, 5) is 24.2. The van der Waals surface area contributed by atoms with Crippen molar-refractivity contribution >= 4 is 6.09 Å². The van der Waals surface area contributed by atoms with Crippen LogP contribution in [-0.4, -0.2) is 60.2 Å². The van der Waals surface area contributed by atoms with E-state index in [1.165, 1.54) is 13.2 Å². The van der Waals surface area contributed by atoms with Crippen molar-refractivity contribution in [2.45, 2.75) is 32.2 Å². The smallest absolute Gasteiger partial charge is 0.416 e. The molecule has 0 spiro atoms. The van der Waals surface area contributed by atoms with Crippen molar-refractivity contribution in [3.8, 4) is 23.0 Å². The summed E-state index contributed by atoms with van der Waals surface area (Å²) >= 11 is 0. The monoisotopic (exact) mass is 570 g/mol. The van der Waals surface area contributed by atoms with Gasteiger partial charge in [-0.25, -0.2) is 9.78 Å². The summed E-state index contributed by atoms with van der Waals surface area (Å²) in [6, 6.07) is 8.23. The Hall–Kier alpha value is -3.87. The van der Waals surface area contributed by atoms with Crippen molar-refractivity contribution in [2.75, 3.05) is 34.3 Å². The fraction of sp³-hybridized carbons (Fsp3) is 0.370. The van der Waals surface area contributed by atoms with Crippen molar-refractivity contribution in [2.24, 2.45) is 0 Å². The molecule has 0 aliphatic carbocycles. The molecule has 0 saturated heterocycles. The minimum absolute atomic E-state index is 0.0251. The van der Waals surface area contributed by atoms with Gasteiger partial charge in [0.1, 0.15) is 0 Å². The number of aromatic nitrogens is 2. The van der Waals surface area contributed by atoms with E-state index in [9.17, 15) is 31.1 Å². The fourth-order valence-corrected chi connectivity index (χ4v) is 3.71. The molecule has 0 N–H and O–H groups in total. The van der Waals surface area contributed by atoms with Crippen molar-refractivity contribution < 1.29 is 40.6 Å². The van der Waals surface area contributed by atoms with Gasteiger partial charge in [0, 0.05) is 26.3 Å². The van der Waals surface area contributed by atoms with Gasteiger partial charge < -0.3 is 19.3 Å². The van der Waals surface area contributed by atoms with Crippen molar-refractivity contribution in [3.05, 3.63) is 70.9 Å². The maximum Gasteiger partial charge on any atom is 0.416 e. The van der Waals surface area contributed by atoms with Crippen LogP contribution < -0.4 is 9.47 Å². The van der Waals surface area contributed by atoms with Gasteiger partial charge >= 0.3 is 24.5 Å². The van der Waals surface area contributed by atoms with Crippen LogP contribution in [0.2, 0.25) is 0 Å². The average molecular weight is 571 g/mol. The highest BCUT2D eigenvalue weighted by Gasteiger charge is 2.37. The van der Waals surface area contributed by atoms with Gasteiger partial charge in [-0.05, 0) is 62.3 Å². The molecule has 0 aliphatic rings. The molecule has 0 saturated carbocycles. The molecule has 3 aromatic rings.